The van der Waals surface area contributed by atoms with Crippen LogP contribution in [-0.4, -0.2) is 33.8 Å². The molecule has 0 unspecified atom stereocenters. The van der Waals surface area contributed by atoms with Gasteiger partial charge in [-0.1, -0.05) is 11.6 Å². The third-order valence-corrected chi connectivity index (χ3v) is 3.48. The molecule has 24 heavy (non-hydrogen) atoms. The van der Waals surface area contributed by atoms with Crippen LogP contribution in [0.4, 0.5) is 5.69 Å². The van der Waals surface area contributed by atoms with Crippen LogP contribution in [0.1, 0.15) is 16.4 Å². The minimum absolute atomic E-state index is 0.252. The molecule has 0 fully saturated rings. The van der Waals surface area contributed by atoms with Crippen LogP contribution in [0.25, 0.3) is 0 Å². The first-order valence-corrected chi connectivity index (χ1v) is 7.20. The van der Waals surface area contributed by atoms with Crippen LogP contribution in [0.3, 0.4) is 0 Å². The van der Waals surface area contributed by atoms with Gasteiger partial charge in [0.15, 0.2) is 0 Å². The molecule has 0 bridgehead atoms. The summed E-state index contributed by atoms with van der Waals surface area (Å²) in [4.78, 5) is 33.9. The van der Waals surface area contributed by atoms with Crippen molar-refractivity contribution in [3.63, 3.8) is 0 Å². The van der Waals surface area contributed by atoms with Gasteiger partial charge in [0.1, 0.15) is 6.61 Å². The topological polar surface area (TPSA) is 112 Å². The van der Waals surface area contributed by atoms with Crippen LogP contribution in [-0.2, 0) is 4.74 Å². The van der Waals surface area contributed by atoms with Crippen molar-refractivity contribution in [3.8, 4) is 0 Å². The number of carbonyl (C=O) groups is 1. The summed E-state index contributed by atoms with van der Waals surface area (Å²) in [5, 5.41) is 20.7. The Kier molecular flexibility index (Phi) is 5.67. The SMILES string of the molecule is O=C(OC[C@@H](CO)n1cc([N+](=O)[O-])ccc1=O)c1ccc(Cl)cc1. The van der Waals surface area contributed by atoms with E-state index in [1.165, 1.54) is 24.3 Å². The average Bonchev–Trinajstić information content (AvgIpc) is 2.57. The number of rotatable bonds is 6. The second-order valence-electron chi connectivity index (χ2n) is 4.83. The Labute approximate surface area is 141 Å². The zero-order valence-electron chi connectivity index (χ0n) is 12.3. The smallest absolute Gasteiger partial charge is 0.338 e. The molecule has 1 atom stereocenters. The van der Waals surface area contributed by atoms with Crippen molar-refractivity contribution in [2.75, 3.05) is 13.2 Å². The molecular weight excluding hydrogens is 340 g/mol. The second kappa shape index (κ2) is 7.71. The predicted octanol–water partition coefficient (Wildman–Crippen LogP) is 1.80. The number of aromatic nitrogens is 1. The van der Waals surface area contributed by atoms with Gasteiger partial charge in [-0.3, -0.25) is 19.5 Å². The summed E-state index contributed by atoms with van der Waals surface area (Å²) in [6.45, 7) is -0.853. The molecule has 0 amide bonds. The number of hydrogen-bond acceptors (Lipinski definition) is 6. The Morgan fingerprint density at radius 1 is 1.29 bits per heavy atom. The molecule has 2 rings (SSSR count). The fraction of sp³-hybridized carbons (Fsp3) is 0.200. The van der Waals surface area contributed by atoms with Crippen LogP contribution in [0, 0.1) is 10.1 Å². The first kappa shape index (κ1) is 17.6. The van der Waals surface area contributed by atoms with E-state index in [4.69, 9.17) is 16.3 Å². The van der Waals surface area contributed by atoms with E-state index < -0.39 is 29.1 Å². The van der Waals surface area contributed by atoms with Crippen molar-refractivity contribution < 1.29 is 19.6 Å². The van der Waals surface area contributed by atoms with E-state index in [1.54, 1.807) is 0 Å². The Morgan fingerprint density at radius 2 is 1.96 bits per heavy atom. The van der Waals surface area contributed by atoms with Crippen LogP contribution in [0.5, 0.6) is 0 Å². The lowest BCUT2D eigenvalue weighted by atomic mass is 10.2. The molecule has 2 aromatic rings. The molecule has 0 radical (unpaired) electrons. The van der Waals surface area contributed by atoms with Gasteiger partial charge in [-0.15, -0.1) is 0 Å². The average molecular weight is 353 g/mol. The van der Waals surface area contributed by atoms with E-state index in [0.717, 1.165) is 22.9 Å². The summed E-state index contributed by atoms with van der Waals surface area (Å²) >= 11 is 5.73. The highest BCUT2D eigenvalue weighted by Crippen LogP contribution is 2.14. The second-order valence-corrected chi connectivity index (χ2v) is 5.27. The zero-order valence-corrected chi connectivity index (χ0v) is 13.0. The van der Waals surface area contributed by atoms with E-state index in [0.29, 0.717) is 5.02 Å². The molecule has 9 heteroatoms. The van der Waals surface area contributed by atoms with E-state index in [1.807, 2.05) is 0 Å². The van der Waals surface area contributed by atoms with Crippen molar-refractivity contribution >= 4 is 23.3 Å². The summed E-state index contributed by atoms with van der Waals surface area (Å²) in [6, 6.07) is 7.12. The van der Waals surface area contributed by atoms with Gasteiger partial charge in [-0.25, -0.2) is 4.79 Å². The zero-order chi connectivity index (χ0) is 17.7. The lowest BCUT2D eigenvalue weighted by Crippen LogP contribution is -2.30. The van der Waals surface area contributed by atoms with Gasteiger partial charge in [0.25, 0.3) is 11.2 Å². The number of pyridine rings is 1. The molecule has 0 spiro atoms. The number of ether oxygens (including phenoxy) is 1. The van der Waals surface area contributed by atoms with Crippen LogP contribution in [0.2, 0.25) is 5.02 Å². The Balaban J connectivity index is 2.13. The number of nitro groups is 1. The van der Waals surface area contributed by atoms with Gasteiger partial charge in [0, 0.05) is 17.2 Å². The third kappa shape index (κ3) is 4.18. The van der Waals surface area contributed by atoms with Crippen LogP contribution >= 0.6 is 11.6 Å². The molecule has 8 nitrogen and oxygen atoms in total. The molecule has 0 saturated carbocycles. The molecule has 0 aliphatic heterocycles. The fourth-order valence-electron chi connectivity index (χ4n) is 1.95. The van der Waals surface area contributed by atoms with Gasteiger partial charge in [-0.05, 0) is 24.3 Å². The molecule has 126 valence electrons. The van der Waals surface area contributed by atoms with Crippen molar-refractivity contribution in [2.45, 2.75) is 6.04 Å². The Morgan fingerprint density at radius 3 is 2.54 bits per heavy atom. The minimum atomic E-state index is -0.936. The Bertz CT molecular complexity index is 802. The molecule has 1 heterocycles. The summed E-state index contributed by atoms with van der Waals surface area (Å²) < 4.78 is 6.02. The van der Waals surface area contributed by atoms with Gasteiger partial charge >= 0.3 is 5.97 Å². The van der Waals surface area contributed by atoms with Crippen molar-refractivity contribution in [1.82, 2.24) is 4.57 Å². The maximum Gasteiger partial charge on any atom is 0.338 e. The van der Waals surface area contributed by atoms with E-state index in [-0.39, 0.29) is 17.9 Å². The van der Waals surface area contributed by atoms with Gasteiger partial charge in [-0.2, -0.15) is 0 Å². The fourth-order valence-corrected chi connectivity index (χ4v) is 2.07. The monoisotopic (exact) mass is 352 g/mol. The maximum absolute atomic E-state index is 11.9. The summed E-state index contributed by atoms with van der Waals surface area (Å²) in [5.41, 5.74) is -0.609. The highest BCUT2D eigenvalue weighted by Gasteiger charge is 2.18. The van der Waals surface area contributed by atoms with Gasteiger partial charge in [0.2, 0.25) is 0 Å². The highest BCUT2D eigenvalue weighted by molar-refractivity contribution is 6.30. The molecule has 1 aromatic heterocycles. The third-order valence-electron chi connectivity index (χ3n) is 3.22. The minimum Gasteiger partial charge on any atom is -0.460 e. The van der Waals surface area contributed by atoms with E-state index >= 15 is 0 Å². The lowest BCUT2D eigenvalue weighted by molar-refractivity contribution is -0.385. The van der Waals surface area contributed by atoms with Gasteiger partial charge in [0.05, 0.1) is 29.3 Å². The van der Waals surface area contributed by atoms with Crippen molar-refractivity contribution in [3.05, 3.63) is 73.6 Å². The van der Waals surface area contributed by atoms with Crippen LogP contribution < -0.4 is 5.56 Å². The number of aliphatic hydroxyl groups is 1. The molecule has 0 aliphatic rings. The number of nitrogens with zero attached hydrogens (tertiary/aromatic N) is 2. The maximum atomic E-state index is 11.9. The van der Waals surface area contributed by atoms with E-state index in [9.17, 15) is 24.8 Å². The molecule has 1 N–H and O–H groups in total. The molecule has 0 saturated heterocycles. The first-order chi connectivity index (χ1) is 11.4. The van der Waals surface area contributed by atoms with Crippen molar-refractivity contribution in [1.29, 1.82) is 0 Å². The van der Waals surface area contributed by atoms with Crippen LogP contribution in [0.15, 0.2) is 47.4 Å². The summed E-state index contributed by atoms with van der Waals surface area (Å²) in [6.07, 6.45) is 0.999. The lowest BCUT2D eigenvalue weighted by Gasteiger charge is -2.17. The standard InChI is InChI=1S/C15H13ClN2O6/c16-11-3-1-10(2-4-11)15(21)24-9-13(8-19)17-7-12(18(22)23)5-6-14(17)20/h1-7,13,19H,8-9H2/t13-/m1/s1. The number of aliphatic hydroxyl groups excluding tert-OH is 1. The molecule has 1 aromatic carbocycles. The first-order valence-electron chi connectivity index (χ1n) is 6.82. The molecule has 0 aliphatic carbocycles. The number of hydrogen-bond donors (Lipinski definition) is 1. The number of benzene rings is 1. The predicted molar refractivity (Wildman–Crippen MR) is 85.2 cm³/mol. The molecular formula is C15H13ClN2O6. The summed E-state index contributed by atoms with van der Waals surface area (Å²) in [7, 11) is 0. The van der Waals surface area contributed by atoms with E-state index in [2.05, 4.69) is 0 Å². The number of carbonyl (C=O) groups excluding carboxylic acids is 1. The number of esters is 1. The Hall–Kier alpha value is -2.71. The van der Waals surface area contributed by atoms with Crippen molar-refractivity contribution in [2.24, 2.45) is 0 Å². The largest absolute Gasteiger partial charge is 0.460 e. The normalized spacial score (nSPS) is 11.8. The highest BCUT2D eigenvalue weighted by atomic mass is 35.5. The quantitative estimate of drug-likeness (QED) is 0.482. The summed E-state index contributed by atoms with van der Waals surface area (Å²) in [5.74, 6) is -0.663. The van der Waals surface area contributed by atoms with Gasteiger partial charge < -0.3 is 9.84 Å². The number of halogens is 1.